The number of imidazole rings is 1. The maximum Gasteiger partial charge on any atom is 0.206 e. The van der Waals surface area contributed by atoms with Gasteiger partial charge < -0.3 is 20.1 Å². The zero-order chi connectivity index (χ0) is 22.8. The minimum absolute atomic E-state index is 0.179. The van der Waals surface area contributed by atoms with Gasteiger partial charge in [0.05, 0.1) is 11.0 Å². The number of aromatic nitrogens is 2. The van der Waals surface area contributed by atoms with E-state index in [1.807, 2.05) is 4.90 Å². The number of nitrogens with zero attached hydrogens (tertiary/aromatic N) is 5. The Bertz CT molecular complexity index is 943. The molecule has 5 rings (SSSR count). The lowest BCUT2D eigenvalue weighted by molar-refractivity contribution is 0.0442. The van der Waals surface area contributed by atoms with Crippen LogP contribution in [0.5, 0.6) is 0 Å². The summed E-state index contributed by atoms with van der Waals surface area (Å²) in [5.74, 6) is 1.29. The van der Waals surface area contributed by atoms with Crippen molar-refractivity contribution in [2.45, 2.75) is 76.3 Å². The summed E-state index contributed by atoms with van der Waals surface area (Å²) in [6.45, 7) is 8.20. The number of rotatable bonds is 3. The molecule has 33 heavy (non-hydrogen) atoms. The highest BCUT2D eigenvalue weighted by Gasteiger charge is 2.36. The van der Waals surface area contributed by atoms with Crippen LogP contribution >= 0.6 is 0 Å². The average molecular weight is 452 g/mol. The SMILES string of the molecule is CC1(N2CCC(n3c(N4CCN(C(=N)N)CC4)nc4ccccc43)CC2)CCCCCCC1. The molecule has 2 aliphatic heterocycles. The van der Waals surface area contributed by atoms with E-state index in [0.29, 0.717) is 11.6 Å². The molecule has 0 bridgehead atoms. The number of guanidine groups is 1. The third-order valence-corrected chi connectivity index (χ3v) is 8.50. The largest absolute Gasteiger partial charge is 0.370 e. The van der Waals surface area contributed by atoms with Gasteiger partial charge in [0.1, 0.15) is 0 Å². The van der Waals surface area contributed by atoms with Crippen molar-refractivity contribution in [1.29, 1.82) is 5.41 Å². The van der Waals surface area contributed by atoms with Gasteiger partial charge in [-0.25, -0.2) is 4.98 Å². The molecule has 0 spiro atoms. The van der Waals surface area contributed by atoms with Gasteiger partial charge in [-0.15, -0.1) is 0 Å². The van der Waals surface area contributed by atoms with E-state index in [-0.39, 0.29) is 5.96 Å². The summed E-state index contributed by atoms with van der Waals surface area (Å²) in [5.41, 5.74) is 8.47. The molecular formula is C26H41N7. The van der Waals surface area contributed by atoms with Crippen LogP contribution < -0.4 is 10.6 Å². The first kappa shape index (κ1) is 22.5. The molecule has 7 nitrogen and oxygen atoms in total. The first-order valence-electron chi connectivity index (χ1n) is 13.1. The summed E-state index contributed by atoms with van der Waals surface area (Å²) in [6, 6.07) is 9.11. The monoisotopic (exact) mass is 451 g/mol. The number of anilines is 1. The highest BCUT2D eigenvalue weighted by Crippen LogP contribution is 2.38. The van der Waals surface area contributed by atoms with Crippen LogP contribution in [0.2, 0.25) is 0 Å². The van der Waals surface area contributed by atoms with Gasteiger partial charge in [-0.3, -0.25) is 10.3 Å². The van der Waals surface area contributed by atoms with Crippen LogP contribution in [-0.4, -0.2) is 70.1 Å². The van der Waals surface area contributed by atoms with Crippen LogP contribution in [0.1, 0.15) is 70.8 Å². The number of hydrogen-bond donors (Lipinski definition) is 2. The predicted molar refractivity (Wildman–Crippen MR) is 136 cm³/mol. The Labute approximate surface area is 198 Å². The second-order valence-electron chi connectivity index (χ2n) is 10.6. The Hall–Kier alpha value is -2.28. The van der Waals surface area contributed by atoms with Gasteiger partial charge in [-0.1, -0.05) is 44.2 Å². The van der Waals surface area contributed by atoms with Crippen molar-refractivity contribution < 1.29 is 0 Å². The Morgan fingerprint density at radius 3 is 2.24 bits per heavy atom. The van der Waals surface area contributed by atoms with Crippen LogP contribution in [0.15, 0.2) is 24.3 Å². The van der Waals surface area contributed by atoms with Crippen LogP contribution in [0.25, 0.3) is 11.0 Å². The lowest BCUT2D eigenvalue weighted by Crippen LogP contribution is -2.52. The normalized spacial score (nSPS) is 23.4. The summed E-state index contributed by atoms with van der Waals surface area (Å²) in [4.78, 5) is 12.3. The van der Waals surface area contributed by atoms with Crippen molar-refractivity contribution in [1.82, 2.24) is 19.4 Å². The van der Waals surface area contributed by atoms with Gasteiger partial charge in [0.2, 0.25) is 5.95 Å². The molecule has 3 heterocycles. The minimum atomic E-state index is 0.179. The molecule has 1 aromatic carbocycles. The van der Waals surface area contributed by atoms with E-state index in [2.05, 4.69) is 45.6 Å². The molecule has 7 heteroatoms. The molecule has 1 saturated carbocycles. The smallest absolute Gasteiger partial charge is 0.206 e. The summed E-state index contributed by atoms with van der Waals surface area (Å²) in [7, 11) is 0. The summed E-state index contributed by atoms with van der Waals surface area (Å²) in [5, 5.41) is 7.75. The molecule has 0 unspecified atom stereocenters. The van der Waals surface area contributed by atoms with Crippen molar-refractivity contribution in [2.24, 2.45) is 5.73 Å². The zero-order valence-electron chi connectivity index (χ0n) is 20.3. The Kier molecular flexibility index (Phi) is 6.50. The van der Waals surface area contributed by atoms with Crippen LogP contribution in [0, 0.1) is 5.41 Å². The molecule has 3 fully saturated rings. The standard InChI is InChI=1S/C26H41N7/c1-26(13-7-3-2-4-8-14-26)32-15-11-21(12-16-32)33-23-10-6-5-9-22(23)29-25(33)31-19-17-30(18-20-31)24(27)28/h5-6,9-10,21H,2-4,7-8,11-20H2,1H3,(H3,27,28). The molecule has 0 amide bonds. The number of para-hydroxylation sites is 2. The minimum Gasteiger partial charge on any atom is -0.370 e. The summed E-state index contributed by atoms with van der Waals surface area (Å²) < 4.78 is 2.54. The fraction of sp³-hybridized carbons (Fsp3) is 0.692. The number of nitrogens with two attached hydrogens (primary N) is 1. The highest BCUT2D eigenvalue weighted by molar-refractivity contribution is 5.79. The highest BCUT2D eigenvalue weighted by atomic mass is 15.4. The number of nitrogens with one attached hydrogen (secondary N) is 1. The molecule has 180 valence electrons. The number of hydrogen-bond acceptors (Lipinski definition) is 4. The fourth-order valence-electron chi connectivity index (χ4n) is 6.41. The molecule has 0 radical (unpaired) electrons. The summed E-state index contributed by atoms with van der Waals surface area (Å²) in [6.07, 6.45) is 12.1. The lowest BCUT2D eigenvalue weighted by atomic mass is 9.82. The molecule has 3 aliphatic rings. The topological polar surface area (TPSA) is 77.4 Å². The van der Waals surface area contributed by atoms with E-state index >= 15 is 0 Å². The number of benzene rings is 1. The first-order valence-corrected chi connectivity index (χ1v) is 13.1. The zero-order valence-corrected chi connectivity index (χ0v) is 20.3. The summed E-state index contributed by atoms with van der Waals surface area (Å²) >= 11 is 0. The van der Waals surface area contributed by atoms with E-state index in [4.69, 9.17) is 16.1 Å². The molecule has 3 N–H and O–H groups in total. The Morgan fingerprint density at radius 2 is 1.58 bits per heavy atom. The predicted octanol–water partition coefficient (Wildman–Crippen LogP) is 4.19. The van der Waals surface area contributed by atoms with Crippen molar-refractivity contribution in [3.8, 4) is 0 Å². The van der Waals surface area contributed by atoms with Gasteiger partial charge >= 0.3 is 0 Å². The van der Waals surface area contributed by atoms with Gasteiger partial charge in [0.15, 0.2) is 5.96 Å². The van der Waals surface area contributed by atoms with Gasteiger partial charge in [-0.2, -0.15) is 0 Å². The quantitative estimate of drug-likeness (QED) is 0.540. The van der Waals surface area contributed by atoms with Crippen LogP contribution in [-0.2, 0) is 0 Å². The van der Waals surface area contributed by atoms with E-state index in [1.54, 1.807) is 0 Å². The number of likely N-dealkylation sites (tertiary alicyclic amines) is 1. The Morgan fingerprint density at radius 1 is 0.939 bits per heavy atom. The maximum absolute atomic E-state index is 7.75. The number of piperidine rings is 1. The molecule has 1 aromatic heterocycles. The van der Waals surface area contributed by atoms with Gasteiger partial charge in [0.25, 0.3) is 0 Å². The average Bonchev–Trinajstić information content (AvgIpc) is 3.21. The third kappa shape index (κ3) is 4.57. The third-order valence-electron chi connectivity index (χ3n) is 8.50. The molecular weight excluding hydrogens is 410 g/mol. The Balaban J connectivity index is 1.35. The molecule has 0 atom stereocenters. The molecule has 1 aliphatic carbocycles. The van der Waals surface area contributed by atoms with Crippen molar-refractivity contribution in [3.05, 3.63) is 24.3 Å². The van der Waals surface area contributed by atoms with E-state index < -0.39 is 0 Å². The lowest BCUT2D eigenvalue weighted by Gasteiger charge is -2.47. The van der Waals surface area contributed by atoms with Crippen LogP contribution in [0.3, 0.4) is 0 Å². The second-order valence-corrected chi connectivity index (χ2v) is 10.6. The first-order chi connectivity index (χ1) is 16.0. The number of piperazine rings is 1. The van der Waals surface area contributed by atoms with Gasteiger partial charge in [-0.05, 0) is 44.7 Å². The van der Waals surface area contributed by atoms with Crippen molar-refractivity contribution >= 4 is 22.9 Å². The molecule has 2 saturated heterocycles. The van der Waals surface area contributed by atoms with Gasteiger partial charge in [0, 0.05) is 50.8 Å². The second kappa shape index (κ2) is 9.53. The van der Waals surface area contributed by atoms with E-state index in [0.717, 1.165) is 37.6 Å². The fourth-order valence-corrected chi connectivity index (χ4v) is 6.41. The molecule has 2 aromatic rings. The van der Waals surface area contributed by atoms with E-state index in [1.165, 1.54) is 76.4 Å². The number of fused-ring (bicyclic) bond motifs is 1. The van der Waals surface area contributed by atoms with E-state index in [9.17, 15) is 0 Å². The van der Waals surface area contributed by atoms with Crippen LogP contribution in [0.4, 0.5) is 5.95 Å². The van der Waals surface area contributed by atoms with Crippen molar-refractivity contribution in [3.63, 3.8) is 0 Å². The van der Waals surface area contributed by atoms with Crippen molar-refractivity contribution in [2.75, 3.05) is 44.2 Å². The maximum atomic E-state index is 7.75.